The van der Waals surface area contributed by atoms with Crippen LogP contribution in [0, 0.1) is 0 Å². The van der Waals surface area contributed by atoms with Crippen LogP contribution in [0.15, 0.2) is 28.8 Å². The van der Waals surface area contributed by atoms with E-state index in [4.69, 9.17) is 4.52 Å². The second-order valence-electron chi connectivity index (χ2n) is 4.65. The number of carbonyl (C=O) groups excluding carboxylic acids is 1. The summed E-state index contributed by atoms with van der Waals surface area (Å²) in [5, 5.41) is 9.86. The molecule has 0 bridgehead atoms. The molecule has 2 N–H and O–H groups in total. The maximum atomic E-state index is 11.9. The van der Waals surface area contributed by atoms with Gasteiger partial charge in [0.25, 0.3) is 5.91 Å². The molecule has 0 saturated heterocycles. The minimum Gasteiger partial charge on any atom is -0.376 e. The van der Waals surface area contributed by atoms with Crippen molar-refractivity contribution in [2.24, 2.45) is 0 Å². The summed E-state index contributed by atoms with van der Waals surface area (Å²) in [5.41, 5.74) is 1.48. The molecule has 0 fully saturated rings. The SMILES string of the molecule is CCCNC(=O)c1cccc(NCc2nc(CC)no2)c1. The lowest BCUT2D eigenvalue weighted by molar-refractivity contribution is 0.0953. The van der Waals surface area contributed by atoms with Gasteiger partial charge in [-0.05, 0) is 24.6 Å². The Kier molecular flexibility index (Phi) is 5.31. The van der Waals surface area contributed by atoms with Crippen LogP contribution in [0.1, 0.15) is 42.3 Å². The fourth-order valence-corrected chi connectivity index (χ4v) is 1.79. The molecule has 1 aromatic carbocycles. The highest BCUT2D eigenvalue weighted by Crippen LogP contribution is 2.12. The minimum absolute atomic E-state index is 0.0634. The van der Waals surface area contributed by atoms with Crippen LogP contribution in [0.3, 0.4) is 0 Å². The molecular weight excluding hydrogens is 268 g/mol. The zero-order valence-corrected chi connectivity index (χ0v) is 12.3. The highest BCUT2D eigenvalue weighted by atomic mass is 16.5. The lowest BCUT2D eigenvalue weighted by Gasteiger charge is -2.07. The van der Waals surface area contributed by atoms with Gasteiger partial charge in [-0.25, -0.2) is 0 Å². The van der Waals surface area contributed by atoms with Crippen LogP contribution in [-0.4, -0.2) is 22.6 Å². The second-order valence-corrected chi connectivity index (χ2v) is 4.65. The van der Waals surface area contributed by atoms with E-state index in [0.29, 0.717) is 30.4 Å². The van der Waals surface area contributed by atoms with Gasteiger partial charge in [0.1, 0.15) is 0 Å². The summed E-state index contributed by atoms with van der Waals surface area (Å²) < 4.78 is 5.11. The van der Waals surface area contributed by atoms with Crippen molar-refractivity contribution in [3.8, 4) is 0 Å². The monoisotopic (exact) mass is 288 g/mol. The summed E-state index contributed by atoms with van der Waals surface area (Å²) in [7, 11) is 0. The molecule has 6 nitrogen and oxygen atoms in total. The van der Waals surface area contributed by atoms with Crippen molar-refractivity contribution < 1.29 is 9.32 Å². The molecule has 1 heterocycles. The van der Waals surface area contributed by atoms with Crippen LogP contribution in [-0.2, 0) is 13.0 Å². The lowest BCUT2D eigenvalue weighted by atomic mass is 10.2. The van der Waals surface area contributed by atoms with Gasteiger partial charge in [0.2, 0.25) is 5.89 Å². The zero-order valence-electron chi connectivity index (χ0n) is 12.3. The molecule has 0 aliphatic carbocycles. The second kappa shape index (κ2) is 7.42. The van der Waals surface area contributed by atoms with Gasteiger partial charge in [-0.1, -0.05) is 25.1 Å². The number of nitrogens with zero attached hydrogens (tertiary/aromatic N) is 2. The van der Waals surface area contributed by atoms with Crippen molar-refractivity contribution in [2.45, 2.75) is 33.2 Å². The molecule has 0 aliphatic heterocycles. The van der Waals surface area contributed by atoms with Gasteiger partial charge in [0, 0.05) is 24.2 Å². The first-order chi connectivity index (χ1) is 10.2. The topological polar surface area (TPSA) is 80.0 Å². The van der Waals surface area contributed by atoms with Gasteiger partial charge < -0.3 is 15.2 Å². The summed E-state index contributed by atoms with van der Waals surface area (Å²) >= 11 is 0. The highest BCUT2D eigenvalue weighted by molar-refractivity contribution is 5.95. The van der Waals surface area contributed by atoms with E-state index in [1.54, 1.807) is 6.07 Å². The van der Waals surface area contributed by atoms with Gasteiger partial charge in [-0.15, -0.1) is 0 Å². The molecule has 1 aromatic heterocycles. The predicted molar refractivity (Wildman–Crippen MR) is 80.1 cm³/mol. The highest BCUT2D eigenvalue weighted by Gasteiger charge is 2.07. The first kappa shape index (κ1) is 15.0. The van der Waals surface area contributed by atoms with E-state index in [9.17, 15) is 4.79 Å². The Labute approximate surface area is 123 Å². The lowest BCUT2D eigenvalue weighted by Crippen LogP contribution is -2.23. The quantitative estimate of drug-likeness (QED) is 0.817. The Morgan fingerprint density at radius 2 is 2.19 bits per heavy atom. The normalized spacial score (nSPS) is 10.4. The zero-order chi connectivity index (χ0) is 15.1. The van der Waals surface area contributed by atoms with Crippen molar-refractivity contribution in [3.63, 3.8) is 0 Å². The average Bonchev–Trinajstić information content (AvgIpc) is 2.99. The van der Waals surface area contributed by atoms with Crippen molar-refractivity contribution in [1.82, 2.24) is 15.5 Å². The predicted octanol–water partition coefficient (Wildman–Crippen LogP) is 2.38. The number of rotatable bonds is 7. The van der Waals surface area contributed by atoms with E-state index >= 15 is 0 Å². The standard InChI is InChI=1S/C15H20N4O2/c1-3-8-16-15(20)11-6-5-7-12(9-11)17-10-14-18-13(4-2)19-21-14/h5-7,9,17H,3-4,8,10H2,1-2H3,(H,16,20). The number of hydrogen-bond acceptors (Lipinski definition) is 5. The number of aromatic nitrogens is 2. The van der Waals surface area contributed by atoms with E-state index in [2.05, 4.69) is 20.8 Å². The Hall–Kier alpha value is -2.37. The third-order valence-corrected chi connectivity index (χ3v) is 2.93. The summed E-state index contributed by atoms with van der Waals surface area (Å²) in [6.07, 6.45) is 1.66. The molecule has 1 amide bonds. The van der Waals surface area contributed by atoms with Crippen molar-refractivity contribution in [1.29, 1.82) is 0 Å². The van der Waals surface area contributed by atoms with Gasteiger partial charge in [-0.3, -0.25) is 4.79 Å². The summed E-state index contributed by atoms with van der Waals surface area (Å²) in [4.78, 5) is 16.1. The Morgan fingerprint density at radius 3 is 2.90 bits per heavy atom. The molecule has 0 spiro atoms. The molecule has 6 heteroatoms. The fourth-order valence-electron chi connectivity index (χ4n) is 1.79. The van der Waals surface area contributed by atoms with E-state index in [1.807, 2.05) is 32.0 Å². The first-order valence-electron chi connectivity index (χ1n) is 7.16. The molecule has 0 aliphatic rings. The third-order valence-electron chi connectivity index (χ3n) is 2.93. The van der Waals surface area contributed by atoms with Gasteiger partial charge in [0.15, 0.2) is 5.82 Å². The molecule has 0 saturated carbocycles. The van der Waals surface area contributed by atoms with Crippen LogP contribution in [0.5, 0.6) is 0 Å². The first-order valence-corrected chi connectivity index (χ1v) is 7.16. The summed E-state index contributed by atoms with van der Waals surface area (Å²) in [6, 6.07) is 7.34. The molecule has 0 radical (unpaired) electrons. The molecule has 112 valence electrons. The third kappa shape index (κ3) is 4.30. The average molecular weight is 288 g/mol. The van der Waals surface area contributed by atoms with Crippen molar-refractivity contribution >= 4 is 11.6 Å². The number of aryl methyl sites for hydroxylation is 1. The Balaban J connectivity index is 1.95. The van der Waals surface area contributed by atoms with E-state index in [1.165, 1.54) is 0 Å². The van der Waals surface area contributed by atoms with Gasteiger partial charge >= 0.3 is 0 Å². The maximum absolute atomic E-state index is 11.9. The van der Waals surface area contributed by atoms with Crippen LogP contribution < -0.4 is 10.6 Å². The number of carbonyl (C=O) groups is 1. The number of benzene rings is 1. The molecule has 0 atom stereocenters. The fraction of sp³-hybridized carbons (Fsp3) is 0.400. The van der Waals surface area contributed by atoms with Crippen molar-refractivity contribution in [3.05, 3.63) is 41.5 Å². The number of anilines is 1. The van der Waals surface area contributed by atoms with Crippen molar-refractivity contribution in [2.75, 3.05) is 11.9 Å². The maximum Gasteiger partial charge on any atom is 0.251 e. The molecule has 2 aromatic rings. The van der Waals surface area contributed by atoms with Crippen LogP contribution in [0.2, 0.25) is 0 Å². The largest absolute Gasteiger partial charge is 0.376 e. The molecule has 21 heavy (non-hydrogen) atoms. The van der Waals surface area contributed by atoms with E-state index in [0.717, 1.165) is 18.5 Å². The number of amides is 1. The summed E-state index contributed by atoms with van der Waals surface area (Å²) in [6.45, 7) is 5.11. The van der Waals surface area contributed by atoms with E-state index < -0.39 is 0 Å². The Morgan fingerprint density at radius 1 is 1.33 bits per heavy atom. The molecule has 0 unspecified atom stereocenters. The Bertz CT molecular complexity index is 595. The molecular formula is C15H20N4O2. The number of hydrogen-bond donors (Lipinski definition) is 2. The van der Waals surface area contributed by atoms with E-state index in [-0.39, 0.29) is 5.91 Å². The van der Waals surface area contributed by atoms with Gasteiger partial charge in [0.05, 0.1) is 6.54 Å². The minimum atomic E-state index is -0.0634. The van der Waals surface area contributed by atoms with Crippen LogP contribution >= 0.6 is 0 Å². The van der Waals surface area contributed by atoms with Crippen LogP contribution in [0.4, 0.5) is 5.69 Å². The summed E-state index contributed by atoms with van der Waals surface area (Å²) in [5.74, 6) is 1.17. The number of nitrogens with one attached hydrogen (secondary N) is 2. The molecule has 2 rings (SSSR count). The van der Waals surface area contributed by atoms with Crippen LogP contribution in [0.25, 0.3) is 0 Å². The smallest absolute Gasteiger partial charge is 0.251 e. The van der Waals surface area contributed by atoms with Gasteiger partial charge in [-0.2, -0.15) is 4.98 Å².